The van der Waals surface area contributed by atoms with E-state index in [4.69, 9.17) is 16.3 Å². The fourth-order valence-electron chi connectivity index (χ4n) is 2.34. The molecule has 3 nitrogen and oxygen atoms in total. The van der Waals surface area contributed by atoms with Crippen LogP contribution in [0.25, 0.3) is 0 Å². The second-order valence-corrected chi connectivity index (χ2v) is 5.76. The predicted molar refractivity (Wildman–Crippen MR) is 83.2 cm³/mol. The van der Waals surface area contributed by atoms with E-state index in [1.165, 1.54) is 0 Å². The molecule has 1 aromatic heterocycles. The summed E-state index contributed by atoms with van der Waals surface area (Å²) in [5, 5.41) is 3.92. The predicted octanol–water partition coefficient (Wildman–Crippen LogP) is 3.83. The Morgan fingerprint density at radius 3 is 2.90 bits per heavy atom. The van der Waals surface area contributed by atoms with Crippen molar-refractivity contribution in [1.82, 2.24) is 10.3 Å². The highest BCUT2D eigenvalue weighted by Gasteiger charge is 2.19. The molecule has 0 amide bonds. The van der Waals surface area contributed by atoms with Gasteiger partial charge in [-0.15, -0.1) is 0 Å². The quantitative estimate of drug-likeness (QED) is 0.810. The summed E-state index contributed by atoms with van der Waals surface area (Å²) in [7, 11) is 0. The summed E-state index contributed by atoms with van der Waals surface area (Å²) in [6.07, 6.45) is 6.75. The third-order valence-electron chi connectivity index (χ3n) is 3.80. The first-order valence-electron chi connectivity index (χ1n) is 7.34. The Bertz CT molecular complexity index is 462. The molecule has 0 fully saturated rings. The van der Waals surface area contributed by atoms with Gasteiger partial charge in [0.1, 0.15) is 0 Å². The molecule has 1 aromatic rings. The van der Waals surface area contributed by atoms with Crippen molar-refractivity contribution < 1.29 is 4.74 Å². The number of ether oxygens (including phenoxy) is 1. The topological polar surface area (TPSA) is 34.2 Å². The minimum Gasteiger partial charge on any atom is -0.477 e. The molecule has 0 bridgehead atoms. The second kappa shape index (κ2) is 7.65. The molecular formula is C16H23ClN2O. The van der Waals surface area contributed by atoms with Gasteiger partial charge in [-0.25, -0.2) is 4.98 Å². The molecule has 1 N–H and O–H groups in total. The molecule has 2 unspecified atom stereocenters. The molecule has 2 rings (SSSR count). The summed E-state index contributed by atoms with van der Waals surface area (Å²) < 4.78 is 5.86. The molecule has 20 heavy (non-hydrogen) atoms. The average molecular weight is 295 g/mol. The highest BCUT2D eigenvalue weighted by molar-refractivity contribution is 6.31. The van der Waals surface area contributed by atoms with Crippen molar-refractivity contribution in [3.05, 3.63) is 35.0 Å². The molecule has 0 aromatic carbocycles. The summed E-state index contributed by atoms with van der Waals surface area (Å²) in [6.45, 7) is 6.64. The van der Waals surface area contributed by atoms with Crippen LogP contribution in [0.3, 0.4) is 0 Å². The molecule has 0 saturated heterocycles. The van der Waals surface area contributed by atoms with Gasteiger partial charge < -0.3 is 10.1 Å². The Morgan fingerprint density at radius 2 is 2.15 bits per heavy atom. The molecule has 1 heterocycles. The first-order chi connectivity index (χ1) is 9.70. The summed E-state index contributed by atoms with van der Waals surface area (Å²) in [5.74, 6) is 1.92. The number of pyridine rings is 1. The number of hydrogen-bond donors (Lipinski definition) is 1. The van der Waals surface area contributed by atoms with Gasteiger partial charge >= 0.3 is 0 Å². The van der Waals surface area contributed by atoms with E-state index in [0.29, 0.717) is 29.3 Å². The van der Waals surface area contributed by atoms with Crippen LogP contribution in [0, 0.1) is 11.8 Å². The van der Waals surface area contributed by atoms with Crippen LogP contribution in [0.5, 0.6) is 5.88 Å². The molecular weight excluding hydrogens is 272 g/mol. The molecule has 2 atom stereocenters. The summed E-state index contributed by atoms with van der Waals surface area (Å²) in [4.78, 5) is 4.48. The normalized spacial score (nSPS) is 21.9. The SMILES string of the molecule is CCNCc1nc(OCC2CC=CCC2C)ccc1Cl. The van der Waals surface area contributed by atoms with Crippen molar-refractivity contribution in [2.45, 2.75) is 33.2 Å². The van der Waals surface area contributed by atoms with Crippen molar-refractivity contribution in [1.29, 1.82) is 0 Å². The van der Waals surface area contributed by atoms with Crippen LogP contribution in [-0.4, -0.2) is 18.1 Å². The first kappa shape index (κ1) is 15.3. The van der Waals surface area contributed by atoms with Gasteiger partial charge in [-0.2, -0.15) is 0 Å². The number of halogens is 1. The first-order valence-corrected chi connectivity index (χ1v) is 7.72. The van der Waals surface area contributed by atoms with Gasteiger partial charge in [-0.1, -0.05) is 37.6 Å². The lowest BCUT2D eigenvalue weighted by Crippen LogP contribution is -2.21. The molecule has 0 radical (unpaired) electrons. The third kappa shape index (κ3) is 4.22. The van der Waals surface area contributed by atoms with Gasteiger partial charge in [-0.05, 0) is 37.3 Å². The van der Waals surface area contributed by atoms with E-state index in [9.17, 15) is 0 Å². The van der Waals surface area contributed by atoms with Crippen molar-refractivity contribution in [2.24, 2.45) is 11.8 Å². The van der Waals surface area contributed by atoms with E-state index >= 15 is 0 Å². The Labute approximate surface area is 126 Å². The van der Waals surface area contributed by atoms with Gasteiger partial charge in [0.2, 0.25) is 5.88 Å². The zero-order valence-electron chi connectivity index (χ0n) is 12.2. The van der Waals surface area contributed by atoms with E-state index in [1.807, 2.05) is 12.1 Å². The number of rotatable bonds is 6. The lowest BCUT2D eigenvalue weighted by Gasteiger charge is -2.25. The van der Waals surface area contributed by atoms with E-state index < -0.39 is 0 Å². The maximum absolute atomic E-state index is 6.14. The van der Waals surface area contributed by atoms with Gasteiger partial charge in [0.15, 0.2) is 0 Å². The second-order valence-electron chi connectivity index (χ2n) is 5.35. The molecule has 0 spiro atoms. The van der Waals surface area contributed by atoms with E-state index in [0.717, 1.165) is 31.7 Å². The maximum atomic E-state index is 6.14. The van der Waals surface area contributed by atoms with Crippen LogP contribution in [0.2, 0.25) is 5.02 Å². The zero-order valence-corrected chi connectivity index (χ0v) is 13.0. The van der Waals surface area contributed by atoms with Crippen LogP contribution in [0.4, 0.5) is 0 Å². The van der Waals surface area contributed by atoms with Crippen LogP contribution in [0.15, 0.2) is 24.3 Å². The Hall–Kier alpha value is -1.06. The summed E-state index contributed by atoms with van der Waals surface area (Å²) in [6, 6.07) is 3.71. The molecule has 0 saturated carbocycles. The lowest BCUT2D eigenvalue weighted by molar-refractivity contribution is 0.192. The highest BCUT2D eigenvalue weighted by atomic mass is 35.5. The number of nitrogens with one attached hydrogen (secondary N) is 1. The summed E-state index contributed by atoms with van der Waals surface area (Å²) >= 11 is 6.14. The average Bonchev–Trinajstić information content (AvgIpc) is 2.46. The smallest absolute Gasteiger partial charge is 0.213 e. The molecule has 0 aliphatic heterocycles. The monoisotopic (exact) mass is 294 g/mol. The zero-order chi connectivity index (χ0) is 14.4. The maximum Gasteiger partial charge on any atom is 0.213 e. The largest absolute Gasteiger partial charge is 0.477 e. The van der Waals surface area contributed by atoms with Crippen molar-refractivity contribution in [3.8, 4) is 5.88 Å². The van der Waals surface area contributed by atoms with Crippen LogP contribution in [-0.2, 0) is 6.54 Å². The van der Waals surface area contributed by atoms with Crippen molar-refractivity contribution in [3.63, 3.8) is 0 Å². The van der Waals surface area contributed by atoms with E-state index in [2.05, 4.69) is 36.3 Å². The van der Waals surface area contributed by atoms with Gasteiger partial charge in [0.05, 0.1) is 17.3 Å². The number of allylic oxidation sites excluding steroid dienone is 2. The highest BCUT2D eigenvalue weighted by Crippen LogP contribution is 2.26. The lowest BCUT2D eigenvalue weighted by atomic mass is 9.85. The molecule has 110 valence electrons. The fraction of sp³-hybridized carbons (Fsp3) is 0.562. The number of aromatic nitrogens is 1. The third-order valence-corrected chi connectivity index (χ3v) is 4.14. The van der Waals surface area contributed by atoms with Crippen LogP contribution >= 0.6 is 11.6 Å². The molecule has 4 heteroatoms. The number of hydrogen-bond acceptors (Lipinski definition) is 3. The fourth-order valence-corrected chi connectivity index (χ4v) is 2.52. The Kier molecular flexibility index (Phi) is 5.86. The van der Waals surface area contributed by atoms with Crippen molar-refractivity contribution in [2.75, 3.05) is 13.2 Å². The van der Waals surface area contributed by atoms with E-state index in [-0.39, 0.29) is 0 Å². The Morgan fingerprint density at radius 1 is 1.35 bits per heavy atom. The molecule has 1 aliphatic rings. The van der Waals surface area contributed by atoms with Crippen LogP contribution < -0.4 is 10.1 Å². The van der Waals surface area contributed by atoms with E-state index in [1.54, 1.807) is 0 Å². The standard InChI is InChI=1S/C16H23ClN2O/c1-3-18-10-15-14(17)8-9-16(19-15)20-11-13-7-5-4-6-12(13)2/h4-5,8-9,12-13,18H,3,6-7,10-11H2,1-2H3. The van der Waals surface area contributed by atoms with Crippen molar-refractivity contribution >= 4 is 11.6 Å². The minimum absolute atomic E-state index is 0.578. The van der Waals surface area contributed by atoms with Gasteiger partial charge in [-0.3, -0.25) is 0 Å². The molecule has 1 aliphatic carbocycles. The van der Waals surface area contributed by atoms with Gasteiger partial charge in [0.25, 0.3) is 0 Å². The minimum atomic E-state index is 0.578. The van der Waals surface area contributed by atoms with Crippen LogP contribution in [0.1, 0.15) is 32.4 Å². The van der Waals surface area contributed by atoms with Gasteiger partial charge in [0, 0.05) is 12.6 Å². The summed E-state index contributed by atoms with van der Waals surface area (Å²) in [5.41, 5.74) is 0.850. The Balaban J connectivity index is 1.93. The number of nitrogens with zero attached hydrogens (tertiary/aromatic N) is 1.